The Bertz CT molecular complexity index is 693. The third-order valence-electron chi connectivity index (χ3n) is 3.99. The van der Waals surface area contributed by atoms with E-state index in [0.717, 1.165) is 25.0 Å². The summed E-state index contributed by atoms with van der Waals surface area (Å²) in [6, 6.07) is 1.65. The molecular formula is C16H21N3O3. The van der Waals surface area contributed by atoms with Gasteiger partial charge >= 0.3 is 5.97 Å². The highest BCUT2D eigenvalue weighted by Gasteiger charge is 2.30. The van der Waals surface area contributed by atoms with Crippen LogP contribution in [-0.2, 0) is 9.47 Å². The fourth-order valence-electron chi connectivity index (χ4n) is 2.92. The topological polar surface area (TPSA) is 65.7 Å². The van der Waals surface area contributed by atoms with Crippen LogP contribution in [0, 0.1) is 0 Å². The molecule has 1 unspecified atom stereocenters. The molecule has 1 aliphatic heterocycles. The lowest BCUT2D eigenvalue weighted by atomic mass is 9.85. The summed E-state index contributed by atoms with van der Waals surface area (Å²) < 4.78 is 12.4. The number of hydrogen-bond donors (Lipinski definition) is 0. The van der Waals surface area contributed by atoms with E-state index < -0.39 is 5.97 Å². The maximum absolute atomic E-state index is 11.7. The molecule has 118 valence electrons. The van der Waals surface area contributed by atoms with Crippen molar-refractivity contribution >= 4 is 11.6 Å². The minimum Gasteiger partial charge on any atom is -0.461 e. The maximum Gasteiger partial charge on any atom is 0.358 e. The summed E-state index contributed by atoms with van der Waals surface area (Å²) in [5.41, 5.74) is 1.96. The Labute approximate surface area is 129 Å². The fraction of sp³-hybridized carbons (Fsp3) is 0.562. The number of esters is 1. The van der Waals surface area contributed by atoms with Crippen LogP contribution in [-0.4, -0.2) is 39.4 Å². The van der Waals surface area contributed by atoms with Crippen molar-refractivity contribution in [3.63, 3.8) is 0 Å². The third-order valence-corrected chi connectivity index (χ3v) is 3.99. The number of aromatic nitrogens is 3. The smallest absolute Gasteiger partial charge is 0.358 e. The van der Waals surface area contributed by atoms with E-state index in [1.165, 1.54) is 0 Å². The predicted molar refractivity (Wildman–Crippen MR) is 80.9 cm³/mol. The monoisotopic (exact) mass is 303 g/mol. The molecule has 22 heavy (non-hydrogen) atoms. The molecule has 1 saturated heterocycles. The molecule has 3 heterocycles. The third kappa shape index (κ3) is 2.97. The van der Waals surface area contributed by atoms with Gasteiger partial charge in [-0.15, -0.1) is 0 Å². The van der Waals surface area contributed by atoms with Crippen LogP contribution < -0.4 is 0 Å². The van der Waals surface area contributed by atoms with Crippen molar-refractivity contribution < 1.29 is 14.3 Å². The van der Waals surface area contributed by atoms with E-state index in [1.54, 1.807) is 17.5 Å². The van der Waals surface area contributed by atoms with Crippen LogP contribution >= 0.6 is 0 Å². The van der Waals surface area contributed by atoms with Crippen LogP contribution in [0.3, 0.4) is 0 Å². The Balaban J connectivity index is 1.88. The molecule has 0 spiro atoms. The second kappa shape index (κ2) is 5.68. The van der Waals surface area contributed by atoms with Crippen LogP contribution in [0.25, 0.3) is 5.65 Å². The Kier molecular flexibility index (Phi) is 3.87. The van der Waals surface area contributed by atoms with E-state index in [1.807, 2.05) is 12.4 Å². The molecular weight excluding hydrogens is 282 g/mol. The first-order chi connectivity index (χ1) is 10.5. The second-order valence-electron chi connectivity index (χ2n) is 6.24. The summed E-state index contributed by atoms with van der Waals surface area (Å²) in [6.07, 6.45) is 5.75. The van der Waals surface area contributed by atoms with E-state index in [9.17, 15) is 4.79 Å². The number of rotatable bonds is 3. The van der Waals surface area contributed by atoms with Crippen molar-refractivity contribution in [2.75, 3.05) is 13.2 Å². The summed E-state index contributed by atoms with van der Waals surface area (Å²) in [7, 11) is 0. The van der Waals surface area contributed by atoms with Crippen LogP contribution in [0.2, 0.25) is 0 Å². The molecule has 0 aromatic carbocycles. The molecule has 0 amide bonds. The maximum atomic E-state index is 11.7. The molecule has 1 atom stereocenters. The van der Waals surface area contributed by atoms with Gasteiger partial charge in [-0.1, -0.05) is 0 Å². The summed E-state index contributed by atoms with van der Waals surface area (Å²) >= 11 is 0. The van der Waals surface area contributed by atoms with E-state index in [2.05, 4.69) is 23.9 Å². The summed E-state index contributed by atoms with van der Waals surface area (Å²) in [6.45, 7) is 7.08. The van der Waals surface area contributed by atoms with Gasteiger partial charge in [0.1, 0.15) is 0 Å². The number of nitrogens with zero attached hydrogens (tertiary/aromatic N) is 3. The zero-order valence-electron chi connectivity index (χ0n) is 13.2. The average Bonchev–Trinajstić information content (AvgIpc) is 2.89. The molecule has 1 aliphatic rings. The quantitative estimate of drug-likeness (QED) is 0.815. The van der Waals surface area contributed by atoms with Crippen molar-refractivity contribution in [3.05, 3.63) is 29.7 Å². The van der Waals surface area contributed by atoms with Gasteiger partial charge in [-0.2, -0.15) is 5.10 Å². The van der Waals surface area contributed by atoms with Gasteiger partial charge in [0.2, 0.25) is 0 Å². The Morgan fingerprint density at radius 2 is 2.36 bits per heavy atom. The van der Waals surface area contributed by atoms with Crippen molar-refractivity contribution in [2.45, 2.75) is 45.1 Å². The minimum absolute atomic E-state index is 0.113. The van der Waals surface area contributed by atoms with E-state index in [-0.39, 0.29) is 5.60 Å². The molecule has 0 bridgehead atoms. The lowest BCUT2D eigenvalue weighted by Gasteiger charge is -2.35. The van der Waals surface area contributed by atoms with Crippen molar-refractivity contribution in [1.82, 2.24) is 14.6 Å². The van der Waals surface area contributed by atoms with Gasteiger partial charge in [0.15, 0.2) is 11.3 Å². The SMILES string of the molecule is CCOC(=O)c1cc2ncc(C3CCOC(C)(C)C3)cn2n1. The lowest BCUT2D eigenvalue weighted by molar-refractivity contribution is -0.0593. The molecule has 0 radical (unpaired) electrons. The van der Waals surface area contributed by atoms with Gasteiger partial charge in [-0.3, -0.25) is 0 Å². The Morgan fingerprint density at radius 1 is 1.55 bits per heavy atom. The Morgan fingerprint density at radius 3 is 3.09 bits per heavy atom. The van der Waals surface area contributed by atoms with Crippen molar-refractivity contribution in [3.8, 4) is 0 Å². The Hall–Kier alpha value is -1.95. The van der Waals surface area contributed by atoms with Gasteiger partial charge in [0.05, 0.1) is 12.2 Å². The number of carbonyl (C=O) groups is 1. The molecule has 1 fully saturated rings. The van der Waals surface area contributed by atoms with E-state index in [0.29, 0.717) is 23.9 Å². The normalized spacial score (nSPS) is 21.0. The molecule has 6 nitrogen and oxygen atoms in total. The van der Waals surface area contributed by atoms with E-state index >= 15 is 0 Å². The molecule has 0 saturated carbocycles. The first-order valence-corrected chi connectivity index (χ1v) is 7.65. The van der Waals surface area contributed by atoms with Gasteiger partial charge in [0, 0.05) is 25.1 Å². The number of hydrogen-bond acceptors (Lipinski definition) is 5. The fourth-order valence-corrected chi connectivity index (χ4v) is 2.92. The zero-order valence-corrected chi connectivity index (χ0v) is 13.2. The highest BCUT2D eigenvalue weighted by Crippen LogP contribution is 2.35. The number of carbonyl (C=O) groups excluding carboxylic acids is 1. The summed E-state index contributed by atoms with van der Waals surface area (Å²) in [4.78, 5) is 16.2. The first-order valence-electron chi connectivity index (χ1n) is 7.65. The van der Waals surface area contributed by atoms with Crippen LogP contribution in [0.4, 0.5) is 0 Å². The van der Waals surface area contributed by atoms with Crippen LogP contribution in [0.1, 0.15) is 55.6 Å². The van der Waals surface area contributed by atoms with Crippen molar-refractivity contribution in [2.24, 2.45) is 0 Å². The summed E-state index contributed by atoms with van der Waals surface area (Å²) in [5.74, 6) is -0.0161. The highest BCUT2D eigenvalue weighted by molar-refractivity contribution is 5.88. The molecule has 6 heteroatoms. The molecule has 0 N–H and O–H groups in total. The number of fused-ring (bicyclic) bond motifs is 1. The number of ether oxygens (including phenoxy) is 2. The second-order valence-corrected chi connectivity index (χ2v) is 6.24. The summed E-state index contributed by atoms with van der Waals surface area (Å²) in [5, 5.41) is 4.27. The average molecular weight is 303 g/mol. The van der Waals surface area contributed by atoms with Crippen LogP contribution in [0.5, 0.6) is 0 Å². The van der Waals surface area contributed by atoms with Gasteiger partial charge in [0.25, 0.3) is 0 Å². The van der Waals surface area contributed by atoms with Crippen molar-refractivity contribution in [1.29, 1.82) is 0 Å². The molecule has 2 aromatic rings. The van der Waals surface area contributed by atoms with Gasteiger partial charge in [-0.25, -0.2) is 14.3 Å². The minimum atomic E-state index is -0.415. The van der Waals surface area contributed by atoms with Gasteiger partial charge < -0.3 is 9.47 Å². The molecule has 2 aromatic heterocycles. The molecule has 3 rings (SSSR count). The van der Waals surface area contributed by atoms with Crippen LogP contribution in [0.15, 0.2) is 18.5 Å². The van der Waals surface area contributed by atoms with E-state index in [4.69, 9.17) is 9.47 Å². The first kappa shape index (κ1) is 15.0. The standard InChI is InChI=1S/C16H21N3O3/c1-4-21-15(20)13-7-14-17-9-12(10-19(14)18-13)11-5-6-22-16(2,3)8-11/h7,9-11H,4-6,8H2,1-3H3. The molecule has 0 aliphatic carbocycles. The zero-order chi connectivity index (χ0) is 15.7. The largest absolute Gasteiger partial charge is 0.461 e. The lowest BCUT2D eigenvalue weighted by Crippen LogP contribution is -2.33. The highest BCUT2D eigenvalue weighted by atomic mass is 16.5. The van der Waals surface area contributed by atoms with Gasteiger partial charge in [-0.05, 0) is 45.1 Å². The predicted octanol–water partition coefficient (Wildman–Crippen LogP) is 2.58.